The zero-order chi connectivity index (χ0) is 19.9. The fraction of sp³-hybridized carbons (Fsp3) is 0.263. The maximum Gasteiger partial charge on any atom is 0.338 e. The number of hydrogen-bond acceptors (Lipinski definition) is 5. The summed E-state index contributed by atoms with van der Waals surface area (Å²) in [5.74, 6) is -1.09. The monoisotopic (exact) mass is 390 g/mol. The van der Waals surface area contributed by atoms with E-state index in [2.05, 4.69) is 5.32 Å². The number of ether oxygens (including phenoxy) is 1. The number of carbonyl (C=O) groups excluding carboxylic acids is 2. The number of likely N-dealkylation sites (N-methyl/N-ethyl adjacent to an activating group) is 1. The van der Waals surface area contributed by atoms with Crippen molar-refractivity contribution in [3.63, 3.8) is 0 Å². The topological polar surface area (TPSA) is 92.8 Å². The van der Waals surface area contributed by atoms with Crippen LogP contribution in [0.4, 0.5) is 5.69 Å². The zero-order valence-electron chi connectivity index (χ0n) is 15.2. The molecule has 0 radical (unpaired) electrons. The SMILES string of the molecule is CCNC(=O)COC(=O)c1ccc(S(=O)(=O)N(CC)c2ccccc2)cc1. The van der Waals surface area contributed by atoms with Gasteiger partial charge < -0.3 is 10.1 Å². The number of carbonyl (C=O) groups is 2. The van der Waals surface area contributed by atoms with Crippen molar-refractivity contribution >= 4 is 27.6 Å². The summed E-state index contributed by atoms with van der Waals surface area (Å²) in [5.41, 5.74) is 0.728. The first kappa shape index (κ1) is 20.4. The molecule has 0 aliphatic carbocycles. The highest BCUT2D eigenvalue weighted by Gasteiger charge is 2.23. The van der Waals surface area contributed by atoms with E-state index in [9.17, 15) is 18.0 Å². The lowest BCUT2D eigenvalue weighted by Crippen LogP contribution is -2.30. The van der Waals surface area contributed by atoms with E-state index in [-0.39, 0.29) is 23.6 Å². The van der Waals surface area contributed by atoms with Crippen LogP contribution < -0.4 is 9.62 Å². The van der Waals surface area contributed by atoms with Gasteiger partial charge in [-0.3, -0.25) is 9.10 Å². The van der Waals surface area contributed by atoms with E-state index < -0.39 is 21.9 Å². The van der Waals surface area contributed by atoms with Crippen LogP contribution in [0.2, 0.25) is 0 Å². The third kappa shape index (κ3) is 5.07. The molecule has 0 aromatic heterocycles. The number of hydrogen-bond donors (Lipinski definition) is 1. The van der Waals surface area contributed by atoms with Crippen molar-refractivity contribution in [2.45, 2.75) is 18.7 Å². The van der Waals surface area contributed by atoms with Crippen molar-refractivity contribution in [2.75, 3.05) is 24.0 Å². The molecular weight excluding hydrogens is 368 g/mol. The van der Waals surface area contributed by atoms with E-state index >= 15 is 0 Å². The van der Waals surface area contributed by atoms with Gasteiger partial charge in [-0.2, -0.15) is 0 Å². The van der Waals surface area contributed by atoms with E-state index in [0.29, 0.717) is 12.2 Å². The van der Waals surface area contributed by atoms with Crippen molar-refractivity contribution in [2.24, 2.45) is 0 Å². The van der Waals surface area contributed by atoms with E-state index in [1.54, 1.807) is 38.1 Å². The summed E-state index contributed by atoms with van der Waals surface area (Å²) in [6, 6.07) is 14.2. The summed E-state index contributed by atoms with van der Waals surface area (Å²) in [6.07, 6.45) is 0. The van der Waals surface area contributed by atoms with Crippen LogP contribution in [0.25, 0.3) is 0 Å². The number of amides is 1. The third-order valence-corrected chi connectivity index (χ3v) is 5.63. The molecule has 0 unspecified atom stereocenters. The number of esters is 1. The minimum absolute atomic E-state index is 0.0634. The predicted octanol–water partition coefficient (Wildman–Crippen LogP) is 2.19. The fourth-order valence-electron chi connectivity index (χ4n) is 2.44. The number of para-hydroxylation sites is 1. The van der Waals surface area contributed by atoms with Crippen LogP contribution in [0.15, 0.2) is 59.5 Å². The van der Waals surface area contributed by atoms with Crippen LogP contribution in [0.3, 0.4) is 0 Å². The first-order valence-electron chi connectivity index (χ1n) is 8.51. The molecule has 7 nitrogen and oxygen atoms in total. The van der Waals surface area contributed by atoms with Crippen LogP contribution in [-0.4, -0.2) is 40.0 Å². The summed E-state index contributed by atoms with van der Waals surface area (Å²) in [4.78, 5) is 23.4. The number of anilines is 1. The first-order chi connectivity index (χ1) is 12.9. The second kappa shape index (κ2) is 9.18. The van der Waals surface area contributed by atoms with Gasteiger partial charge >= 0.3 is 5.97 Å². The van der Waals surface area contributed by atoms with Crippen molar-refractivity contribution in [1.29, 1.82) is 0 Å². The second-order valence-electron chi connectivity index (χ2n) is 5.56. The fourth-order valence-corrected chi connectivity index (χ4v) is 3.91. The molecule has 144 valence electrons. The van der Waals surface area contributed by atoms with Gasteiger partial charge in [0.05, 0.1) is 16.1 Å². The van der Waals surface area contributed by atoms with Gasteiger partial charge in [0.1, 0.15) is 0 Å². The molecule has 8 heteroatoms. The van der Waals surface area contributed by atoms with Gasteiger partial charge in [0.15, 0.2) is 6.61 Å². The van der Waals surface area contributed by atoms with Crippen molar-refractivity contribution in [1.82, 2.24) is 5.32 Å². The van der Waals surface area contributed by atoms with Crippen molar-refractivity contribution in [3.05, 3.63) is 60.2 Å². The van der Waals surface area contributed by atoms with Crippen LogP contribution >= 0.6 is 0 Å². The van der Waals surface area contributed by atoms with Gasteiger partial charge in [-0.1, -0.05) is 18.2 Å². The van der Waals surface area contributed by atoms with Gasteiger partial charge in [-0.05, 0) is 50.2 Å². The Morgan fingerprint density at radius 3 is 2.19 bits per heavy atom. The van der Waals surface area contributed by atoms with E-state index in [1.807, 2.05) is 6.07 Å². The predicted molar refractivity (Wildman–Crippen MR) is 102 cm³/mol. The Balaban J connectivity index is 2.15. The lowest BCUT2D eigenvalue weighted by atomic mass is 10.2. The Hall–Kier alpha value is -2.87. The molecular formula is C19H22N2O5S. The third-order valence-electron chi connectivity index (χ3n) is 3.72. The highest BCUT2D eigenvalue weighted by atomic mass is 32.2. The molecule has 0 saturated heterocycles. The molecule has 0 spiro atoms. The summed E-state index contributed by atoms with van der Waals surface area (Å²) >= 11 is 0. The highest BCUT2D eigenvalue weighted by molar-refractivity contribution is 7.92. The Morgan fingerprint density at radius 1 is 1.00 bits per heavy atom. The summed E-state index contributed by atoms with van der Waals surface area (Å²) < 4.78 is 32.0. The smallest absolute Gasteiger partial charge is 0.338 e. The Morgan fingerprint density at radius 2 is 1.63 bits per heavy atom. The van der Waals surface area contributed by atoms with Crippen LogP contribution in [0.1, 0.15) is 24.2 Å². The largest absolute Gasteiger partial charge is 0.452 e. The second-order valence-corrected chi connectivity index (χ2v) is 7.42. The zero-order valence-corrected chi connectivity index (χ0v) is 16.0. The van der Waals surface area contributed by atoms with Gasteiger partial charge in [0, 0.05) is 13.1 Å². The van der Waals surface area contributed by atoms with Gasteiger partial charge in [-0.25, -0.2) is 13.2 Å². The van der Waals surface area contributed by atoms with Gasteiger partial charge in [-0.15, -0.1) is 0 Å². The number of nitrogens with zero attached hydrogens (tertiary/aromatic N) is 1. The Labute approximate surface area is 159 Å². The molecule has 27 heavy (non-hydrogen) atoms. The quantitative estimate of drug-likeness (QED) is 0.698. The van der Waals surface area contributed by atoms with Crippen LogP contribution in [0, 0.1) is 0 Å². The van der Waals surface area contributed by atoms with E-state index in [1.165, 1.54) is 28.6 Å². The normalized spacial score (nSPS) is 10.9. The van der Waals surface area contributed by atoms with Crippen LogP contribution in [-0.2, 0) is 19.6 Å². The Bertz CT molecular complexity index is 880. The van der Waals surface area contributed by atoms with Gasteiger partial charge in [0.25, 0.3) is 15.9 Å². The summed E-state index contributed by atoms with van der Waals surface area (Å²) in [7, 11) is -3.76. The maximum absolute atomic E-state index is 12.9. The maximum atomic E-state index is 12.9. The minimum atomic E-state index is -3.76. The molecule has 1 amide bonds. The number of benzene rings is 2. The van der Waals surface area contributed by atoms with Crippen molar-refractivity contribution < 1.29 is 22.7 Å². The van der Waals surface area contributed by atoms with Crippen LogP contribution in [0.5, 0.6) is 0 Å². The first-order valence-corrected chi connectivity index (χ1v) is 9.95. The molecule has 0 aliphatic rings. The summed E-state index contributed by atoms with van der Waals surface area (Å²) in [6.45, 7) is 3.83. The van der Waals surface area contributed by atoms with Crippen molar-refractivity contribution in [3.8, 4) is 0 Å². The molecule has 0 fully saturated rings. The lowest BCUT2D eigenvalue weighted by Gasteiger charge is -2.22. The molecule has 0 bridgehead atoms. The highest BCUT2D eigenvalue weighted by Crippen LogP contribution is 2.23. The standard InChI is InChI=1S/C19H22N2O5S/c1-3-20-18(22)14-26-19(23)15-10-12-17(13-11-15)27(24,25)21(4-2)16-8-6-5-7-9-16/h5-13H,3-4,14H2,1-2H3,(H,20,22). The van der Waals surface area contributed by atoms with E-state index in [4.69, 9.17) is 4.74 Å². The molecule has 2 aromatic carbocycles. The average Bonchev–Trinajstić information content (AvgIpc) is 2.67. The molecule has 2 rings (SSSR count). The molecule has 0 atom stereocenters. The molecule has 0 heterocycles. The van der Waals surface area contributed by atoms with E-state index in [0.717, 1.165) is 0 Å². The lowest BCUT2D eigenvalue weighted by molar-refractivity contribution is -0.124. The average molecular weight is 390 g/mol. The summed E-state index contributed by atoms with van der Waals surface area (Å²) in [5, 5.41) is 2.51. The number of nitrogens with one attached hydrogen (secondary N) is 1. The molecule has 1 N–H and O–H groups in total. The van der Waals surface area contributed by atoms with Gasteiger partial charge in [0.2, 0.25) is 0 Å². The molecule has 0 aliphatic heterocycles. The Kier molecular flexibility index (Phi) is 6.95. The number of sulfonamides is 1. The minimum Gasteiger partial charge on any atom is -0.452 e. The molecule has 0 saturated carbocycles. The number of rotatable bonds is 8. The molecule has 2 aromatic rings.